The van der Waals surface area contributed by atoms with Gasteiger partial charge < -0.3 is 19.3 Å². The maximum absolute atomic E-state index is 9.77. The van der Waals surface area contributed by atoms with Gasteiger partial charge in [-0.2, -0.15) is 0 Å². The smallest absolute Gasteiger partial charge is 0.122 e. The molecule has 0 aromatic carbocycles. The van der Waals surface area contributed by atoms with Gasteiger partial charge in [0.25, 0.3) is 0 Å². The Kier molecular flexibility index (Phi) is 5.63. The van der Waals surface area contributed by atoms with Crippen molar-refractivity contribution in [2.45, 2.75) is 76.3 Å². The minimum absolute atomic E-state index is 0.0368. The molecule has 0 aliphatic carbocycles. The van der Waals surface area contributed by atoms with Crippen LogP contribution >= 0.6 is 0 Å². The molecule has 4 atom stereocenters. The number of unbranched alkanes of at least 4 members (excludes halogenated alkanes) is 5. The largest absolute Gasteiger partial charge is 0.388 e. The monoisotopic (exact) mass is 272 g/mol. The van der Waals surface area contributed by atoms with Gasteiger partial charge in [-0.3, -0.25) is 0 Å². The Labute approximate surface area is 116 Å². The zero-order chi connectivity index (χ0) is 13.7. The SMILES string of the molecule is CCCCCCCCO[C@@H]1CO[C@@H]2[C@@H](O)CO[C@@]21C. The zero-order valence-electron chi connectivity index (χ0n) is 12.3. The topological polar surface area (TPSA) is 47.9 Å². The van der Waals surface area contributed by atoms with Crippen molar-refractivity contribution < 1.29 is 19.3 Å². The molecule has 2 aliphatic heterocycles. The number of aliphatic hydroxyl groups excluding tert-OH is 1. The molecule has 4 nitrogen and oxygen atoms in total. The third-order valence-electron chi connectivity index (χ3n) is 4.36. The first-order valence-electron chi connectivity index (χ1n) is 7.73. The van der Waals surface area contributed by atoms with Crippen LogP contribution in [0.1, 0.15) is 52.4 Å². The lowest BCUT2D eigenvalue weighted by Crippen LogP contribution is -2.45. The van der Waals surface area contributed by atoms with Gasteiger partial charge in [0.2, 0.25) is 0 Å². The first-order chi connectivity index (χ1) is 9.18. The Morgan fingerprint density at radius 1 is 1.16 bits per heavy atom. The zero-order valence-corrected chi connectivity index (χ0v) is 12.3. The quantitative estimate of drug-likeness (QED) is 0.689. The lowest BCUT2D eigenvalue weighted by molar-refractivity contribution is -0.0922. The molecule has 0 spiro atoms. The van der Waals surface area contributed by atoms with Crippen LogP contribution in [-0.4, -0.2) is 48.8 Å². The van der Waals surface area contributed by atoms with Crippen molar-refractivity contribution >= 4 is 0 Å². The first-order valence-corrected chi connectivity index (χ1v) is 7.73. The minimum atomic E-state index is -0.507. The lowest BCUT2D eigenvalue weighted by atomic mass is 9.94. The number of hydrogen-bond donors (Lipinski definition) is 1. The van der Waals surface area contributed by atoms with E-state index in [1.807, 2.05) is 6.92 Å². The third kappa shape index (κ3) is 3.48. The highest BCUT2D eigenvalue weighted by Crippen LogP contribution is 2.38. The first kappa shape index (κ1) is 15.2. The fourth-order valence-corrected chi connectivity index (χ4v) is 3.05. The summed E-state index contributed by atoms with van der Waals surface area (Å²) in [6, 6.07) is 0. The Bertz CT molecular complexity index is 271. The van der Waals surface area contributed by atoms with Crippen LogP contribution in [0, 0.1) is 0 Å². The van der Waals surface area contributed by atoms with Gasteiger partial charge in [0.1, 0.15) is 23.9 Å². The highest BCUT2D eigenvalue weighted by molar-refractivity contribution is 5.05. The van der Waals surface area contributed by atoms with E-state index in [9.17, 15) is 5.11 Å². The number of aliphatic hydroxyl groups is 1. The van der Waals surface area contributed by atoms with Crippen molar-refractivity contribution in [3.63, 3.8) is 0 Å². The predicted molar refractivity (Wildman–Crippen MR) is 73.2 cm³/mol. The molecular weight excluding hydrogens is 244 g/mol. The van der Waals surface area contributed by atoms with Crippen LogP contribution in [0.3, 0.4) is 0 Å². The standard InChI is InChI=1S/C15H28O4/c1-3-4-5-6-7-8-9-17-13-11-18-14-12(16)10-19-15(13,14)2/h12-14,16H,3-11H2,1-2H3/t12-,13+,14+,15+/m0/s1. The van der Waals surface area contributed by atoms with E-state index < -0.39 is 11.7 Å². The van der Waals surface area contributed by atoms with Gasteiger partial charge in [0.05, 0.1) is 13.2 Å². The number of hydrogen-bond acceptors (Lipinski definition) is 4. The van der Waals surface area contributed by atoms with Crippen LogP contribution < -0.4 is 0 Å². The van der Waals surface area contributed by atoms with Gasteiger partial charge in [-0.1, -0.05) is 39.0 Å². The molecule has 0 unspecified atom stereocenters. The Balaban J connectivity index is 1.62. The average molecular weight is 272 g/mol. The normalized spacial score (nSPS) is 37.7. The molecular formula is C15H28O4. The van der Waals surface area contributed by atoms with Gasteiger partial charge in [-0.25, -0.2) is 0 Å². The molecule has 4 heteroatoms. The molecule has 2 saturated heterocycles. The molecule has 0 amide bonds. The molecule has 2 rings (SSSR count). The van der Waals surface area contributed by atoms with E-state index in [-0.39, 0.29) is 12.2 Å². The molecule has 1 N–H and O–H groups in total. The third-order valence-corrected chi connectivity index (χ3v) is 4.36. The summed E-state index contributed by atoms with van der Waals surface area (Å²) in [4.78, 5) is 0. The molecule has 19 heavy (non-hydrogen) atoms. The number of fused-ring (bicyclic) bond motifs is 1. The van der Waals surface area contributed by atoms with Crippen molar-refractivity contribution in [3.8, 4) is 0 Å². The van der Waals surface area contributed by atoms with Gasteiger partial charge in [0.15, 0.2) is 0 Å². The molecule has 2 heterocycles. The second kappa shape index (κ2) is 7.02. The summed E-state index contributed by atoms with van der Waals surface area (Å²) in [5.74, 6) is 0. The summed E-state index contributed by atoms with van der Waals surface area (Å²) in [6.07, 6.45) is 6.82. The second-order valence-corrected chi connectivity index (χ2v) is 5.94. The Hall–Kier alpha value is -0.160. The average Bonchev–Trinajstić information content (AvgIpc) is 2.87. The van der Waals surface area contributed by atoms with Crippen LogP contribution in [0.15, 0.2) is 0 Å². The van der Waals surface area contributed by atoms with Crippen molar-refractivity contribution in [2.24, 2.45) is 0 Å². The van der Waals surface area contributed by atoms with E-state index in [1.165, 1.54) is 32.1 Å². The fraction of sp³-hybridized carbons (Fsp3) is 1.00. The maximum atomic E-state index is 9.77. The van der Waals surface area contributed by atoms with E-state index in [4.69, 9.17) is 14.2 Å². The van der Waals surface area contributed by atoms with E-state index in [1.54, 1.807) is 0 Å². The van der Waals surface area contributed by atoms with E-state index >= 15 is 0 Å². The van der Waals surface area contributed by atoms with E-state index in [0.29, 0.717) is 13.2 Å². The maximum Gasteiger partial charge on any atom is 0.122 e. The molecule has 0 bridgehead atoms. The predicted octanol–water partition coefficient (Wildman–Crippen LogP) is 2.28. The molecule has 2 fully saturated rings. The van der Waals surface area contributed by atoms with Crippen molar-refractivity contribution in [3.05, 3.63) is 0 Å². The van der Waals surface area contributed by atoms with E-state index in [2.05, 4.69) is 6.92 Å². The summed E-state index contributed by atoms with van der Waals surface area (Å²) in [6.45, 7) is 5.89. The van der Waals surface area contributed by atoms with E-state index in [0.717, 1.165) is 13.0 Å². The van der Waals surface area contributed by atoms with Crippen LogP contribution in [0.25, 0.3) is 0 Å². The lowest BCUT2D eigenvalue weighted by Gasteiger charge is -2.28. The molecule has 0 aromatic heterocycles. The van der Waals surface area contributed by atoms with Crippen LogP contribution in [0.4, 0.5) is 0 Å². The summed E-state index contributed by atoms with van der Waals surface area (Å²) in [5.41, 5.74) is -0.457. The fourth-order valence-electron chi connectivity index (χ4n) is 3.05. The molecule has 0 radical (unpaired) electrons. The summed E-state index contributed by atoms with van der Waals surface area (Å²) in [7, 11) is 0. The summed E-state index contributed by atoms with van der Waals surface area (Å²) in [5, 5.41) is 9.77. The molecule has 112 valence electrons. The van der Waals surface area contributed by atoms with Crippen molar-refractivity contribution in [1.29, 1.82) is 0 Å². The minimum Gasteiger partial charge on any atom is -0.388 e. The van der Waals surface area contributed by atoms with Gasteiger partial charge in [-0.15, -0.1) is 0 Å². The van der Waals surface area contributed by atoms with Gasteiger partial charge in [-0.05, 0) is 13.3 Å². The van der Waals surface area contributed by atoms with Crippen molar-refractivity contribution in [2.75, 3.05) is 19.8 Å². The van der Waals surface area contributed by atoms with Crippen molar-refractivity contribution in [1.82, 2.24) is 0 Å². The summed E-state index contributed by atoms with van der Waals surface area (Å²) < 4.78 is 17.2. The van der Waals surface area contributed by atoms with Crippen LogP contribution in [0.5, 0.6) is 0 Å². The summed E-state index contributed by atoms with van der Waals surface area (Å²) >= 11 is 0. The highest BCUT2D eigenvalue weighted by Gasteiger charge is 2.57. The van der Waals surface area contributed by atoms with Gasteiger partial charge >= 0.3 is 0 Å². The van der Waals surface area contributed by atoms with Gasteiger partial charge in [0, 0.05) is 6.61 Å². The Morgan fingerprint density at radius 3 is 2.68 bits per heavy atom. The highest BCUT2D eigenvalue weighted by atomic mass is 16.6. The Morgan fingerprint density at radius 2 is 1.89 bits per heavy atom. The van der Waals surface area contributed by atoms with Crippen LogP contribution in [0.2, 0.25) is 0 Å². The second-order valence-electron chi connectivity index (χ2n) is 5.94. The number of ether oxygens (including phenoxy) is 3. The number of rotatable bonds is 8. The molecule has 0 aromatic rings. The molecule has 2 aliphatic rings. The van der Waals surface area contributed by atoms with Crippen LogP contribution in [-0.2, 0) is 14.2 Å². The molecule has 0 saturated carbocycles.